The Morgan fingerprint density at radius 1 is 1.40 bits per heavy atom. The summed E-state index contributed by atoms with van der Waals surface area (Å²) in [6.07, 6.45) is 2.43. The Labute approximate surface area is 125 Å². The Morgan fingerprint density at radius 2 is 2.05 bits per heavy atom. The number of ether oxygens (including phenoxy) is 1. The molecule has 0 amide bonds. The van der Waals surface area contributed by atoms with Gasteiger partial charge in [-0.25, -0.2) is 0 Å². The highest BCUT2D eigenvalue weighted by Crippen LogP contribution is 2.37. The van der Waals surface area contributed by atoms with E-state index in [-0.39, 0.29) is 5.97 Å². The molecule has 0 aliphatic heterocycles. The molecule has 20 heavy (non-hydrogen) atoms. The second kappa shape index (κ2) is 6.19. The van der Waals surface area contributed by atoms with Crippen LogP contribution in [-0.4, -0.2) is 23.9 Å². The molecule has 1 aromatic carbocycles. The topological polar surface area (TPSA) is 52.3 Å². The molecule has 1 saturated carbocycles. The molecule has 0 heterocycles. The molecule has 2 rings (SSSR count). The number of rotatable bonds is 4. The Kier molecular flexibility index (Phi) is 4.76. The van der Waals surface area contributed by atoms with Crippen LogP contribution in [0.25, 0.3) is 0 Å². The molecule has 2 N–H and O–H groups in total. The molecule has 110 valence electrons. The van der Waals surface area contributed by atoms with Gasteiger partial charge in [0.2, 0.25) is 0 Å². The van der Waals surface area contributed by atoms with Crippen molar-refractivity contribution >= 4 is 17.7 Å². The molecule has 0 aromatic heterocycles. The molecular formula is C16H23NO2S. The molecule has 0 radical (unpaired) electrons. The van der Waals surface area contributed by atoms with Crippen LogP contribution in [0.1, 0.15) is 36.0 Å². The molecule has 2 unspecified atom stereocenters. The van der Waals surface area contributed by atoms with Gasteiger partial charge in [-0.05, 0) is 38.7 Å². The summed E-state index contributed by atoms with van der Waals surface area (Å²) in [5.74, 6) is 0.705. The van der Waals surface area contributed by atoms with Gasteiger partial charge >= 0.3 is 5.97 Å². The number of carbonyl (C=O) groups is 1. The van der Waals surface area contributed by atoms with Crippen LogP contribution in [-0.2, 0) is 15.3 Å². The van der Waals surface area contributed by atoms with Gasteiger partial charge in [0.1, 0.15) is 5.54 Å². The van der Waals surface area contributed by atoms with Crippen LogP contribution in [0.4, 0.5) is 0 Å². The van der Waals surface area contributed by atoms with Crippen LogP contribution >= 0.6 is 11.8 Å². The average molecular weight is 293 g/mol. The lowest BCUT2D eigenvalue weighted by Crippen LogP contribution is -2.46. The molecule has 4 heteroatoms. The van der Waals surface area contributed by atoms with Crippen molar-refractivity contribution in [3.63, 3.8) is 0 Å². The van der Waals surface area contributed by atoms with Crippen LogP contribution in [0, 0.1) is 13.8 Å². The third-order valence-corrected chi connectivity index (χ3v) is 5.24. The third kappa shape index (κ3) is 3.55. The first-order valence-corrected chi connectivity index (χ1v) is 8.04. The highest BCUT2D eigenvalue weighted by molar-refractivity contribution is 7.99. The lowest BCUT2D eigenvalue weighted by Gasteiger charge is -2.20. The van der Waals surface area contributed by atoms with E-state index in [0.717, 1.165) is 25.0 Å². The molecular weight excluding hydrogens is 270 g/mol. The van der Waals surface area contributed by atoms with E-state index in [4.69, 9.17) is 10.5 Å². The minimum absolute atomic E-state index is 0.271. The zero-order chi connectivity index (χ0) is 14.8. The van der Waals surface area contributed by atoms with Gasteiger partial charge in [0.05, 0.1) is 7.11 Å². The van der Waals surface area contributed by atoms with Crippen molar-refractivity contribution < 1.29 is 9.53 Å². The van der Waals surface area contributed by atoms with Crippen LogP contribution < -0.4 is 5.73 Å². The number of hydrogen-bond donors (Lipinski definition) is 1. The number of benzene rings is 1. The van der Waals surface area contributed by atoms with Crippen LogP contribution in [0.15, 0.2) is 18.2 Å². The van der Waals surface area contributed by atoms with E-state index in [1.165, 1.54) is 23.8 Å². The van der Waals surface area contributed by atoms with Crippen molar-refractivity contribution in [1.29, 1.82) is 0 Å². The van der Waals surface area contributed by atoms with Crippen molar-refractivity contribution in [1.82, 2.24) is 0 Å². The summed E-state index contributed by atoms with van der Waals surface area (Å²) >= 11 is 1.90. The van der Waals surface area contributed by atoms with Gasteiger partial charge < -0.3 is 10.5 Å². The van der Waals surface area contributed by atoms with Crippen molar-refractivity contribution in [2.45, 2.75) is 49.7 Å². The van der Waals surface area contributed by atoms with Crippen LogP contribution in [0.3, 0.4) is 0 Å². The zero-order valence-electron chi connectivity index (χ0n) is 12.4. The molecule has 1 aliphatic rings. The Hall–Kier alpha value is -1.00. The second-order valence-corrected chi connectivity index (χ2v) is 7.11. The van der Waals surface area contributed by atoms with Gasteiger partial charge in [0.15, 0.2) is 0 Å². The number of aryl methyl sites for hydroxylation is 2. The highest BCUT2D eigenvalue weighted by Gasteiger charge is 2.43. The molecule has 0 bridgehead atoms. The molecule has 1 aromatic rings. The summed E-state index contributed by atoms with van der Waals surface area (Å²) in [5.41, 5.74) is 9.31. The third-order valence-electron chi connectivity index (χ3n) is 3.86. The van der Waals surface area contributed by atoms with Gasteiger partial charge in [0, 0.05) is 11.0 Å². The number of thioether (sulfide) groups is 1. The summed E-state index contributed by atoms with van der Waals surface area (Å²) in [6.45, 7) is 4.25. The van der Waals surface area contributed by atoms with E-state index in [9.17, 15) is 4.79 Å². The highest BCUT2D eigenvalue weighted by atomic mass is 32.2. The smallest absolute Gasteiger partial charge is 0.325 e. The average Bonchev–Trinajstić information content (AvgIpc) is 2.77. The van der Waals surface area contributed by atoms with Gasteiger partial charge in [-0.1, -0.05) is 29.3 Å². The number of methoxy groups -OCH3 is 1. The summed E-state index contributed by atoms with van der Waals surface area (Å²) < 4.78 is 4.81. The predicted octanol–water partition coefficient (Wildman–Crippen LogP) is 2.96. The van der Waals surface area contributed by atoms with E-state index in [1.54, 1.807) is 0 Å². The Balaban J connectivity index is 1.91. The molecule has 3 nitrogen and oxygen atoms in total. The van der Waals surface area contributed by atoms with Crippen molar-refractivity contribution in [3.8, 4) is 0 Å². The van der Waals surface area contributed by atoms with Crippen molar-refractivity contribution in [2.75, 3.05) is 7.11 Å². The summed E-state index contributed by atoms with van der Waals surface area (Å²) in [6, 6.07) is 6.64. The van der Waals surface area contributed by atoms with E-state index in [0.29, 0.717) is 5.25 Å². The van der Waals surface area contributed by atoms with E-state index < -0.39 is 5.54 Å². The first-order chi connectivity index (χ1) is 9.43. The second-order valence-electron chi connectivity index (χ2n) is 5.82. The van der Waals surface area contributed by atoms with Gasteiger partial charge in [-0.15, -0.1) is 0 Å². The lowest BCUT2D eigenvalue weighted by atomic mass is 10.00. The number of esters is 1. The SMILES string of the molecule is COC(=O)C1(N)CCC(SCc2cc(C)cc(C)c2)C1. The maximum atomic E-state index is 11.7. The summed E-state index contributed by atoms with van der Waals surface area (Å²) in [4.78, 5) is 11.7. The monoisotopic (exact) mass is 293 g/mol. The quantitative estimate of drug-likeness (QED) is 0.867. The maximum Gasteiger partial charge on any atom is 0.325 e. The van der Waals surface area contributed by atoms with E-state index >= 15 is 0 Å². The zero-order valence-corrected chi connectivity index (χ0v) is 13.3. The first kappa shape index (κ1) is 15.4. The molecule has 0 spiro atoms. The van der Waals surface area contributed by atoms with Crippen LogP contribution in [0.5, 0.6) is 0 Å². The minimum atomic E-state index is -0.769. The van der Waals surface area contributed by atoms with E-state index in [1.807, 2.05) is 11.8 Å². The minimum Gasteiger partial charge on any atom is -0.468 e. The van der Waals surface area contributed by atoms with Crippen LogP contribution in [0.2, 0.25) is 0 Å². The maximum absolute atomic E-state index is 11.7. The molecule has 1 aliphatic carbocycles. The standard InChI is InChI=1S/C16H23NO2S/c1-11-6-12(2)8-13(7-11)10-20-14-4-5-16(17,9-14)15(18)19-3/h6-8,14H,4-5,9-10,17H2,1-3H3. The largest absolute Gasteiger partial charge is 0.468 e. The molecule has 2 atom stereocenters. The fraction of sp³-hybridized carbons (Fsp3) is 0.562. The number of nitrogens with two attached hydrogens (primary N) is 1. The normalized spacial score (nSPS) is 25.7. The number of hydrogen-bond acceptors (Lipinski definition) is 4. The fourth-order valence-electron chi connectivity index (χ4n) is 2.93. The summed E-state index contributed by atoms with van der Waals surface area (Å²) in [5, 5.41) is 0.444. The predicted molar refractivity (Wildman–Crippen MR) is 83.8 cm³/mol. The lowest BCUT2D eigenvalue weighted by molar-refractivity contribution is -0.146. The van der Waals surface area contributed by atoms with Gasteiger partial charge in [0.25, 0.3) is 0 Å². The first-order valence-electron chi connectivity index (χ1n) is 6.99. The molecule has 0 saturated heterocycles. The van der Waals surface area contributed by atoms with Crippen molar-refractivity contribution in [3.05, 3.63) is 34.9 Å². The Bertz CT molecular complexity index is 483. The summed E-state index contributed by atoms with van der Waals surface area (Å²) in [7, 11) is 1.41. The molecule has 1 fully saturated rings. The Morgan fingerprint density at radius 3 is 2.65 bits per heavy atom. The van der Waals surface area contributed by atoms with Gasteiger partial charge in [-0.3, -0.25) is 4.79 Å². The van der Waals surface area contributed by atoms with E-state index in [2.05, 4.69) is 32.0 Å². The number of carbonyl (C=O) groups excluding carboxylic acids is 1. The van der Waals surface area contributed by atoms with Crippen molar-refractivity contribution in [2.24, 2.45) is 5.73 Å². The fourth-order valence-corrected chi connectivity index (χ4v) is 4.22. The van der Waals surface area contributed by atoms with Gasteiger partial charge in [-0.2, -0.15) is 11.8 Å².